The van der Waals surface area contributed by atoms with Gasteiger partial charge in [-0.15, -0.1) is 0 Å². The SMILES string of the molecule is N#Cc1ccc2c(c1)CCC(C(F)(F)F)C2. The molecule has 1 aromatic rings. The summed E-state index contributed by atoms with van der Waals surface area (Å²) in [4.78, 5) is 0. The number of hydrogen-bond donors (Lipinski definition) is 0. The van der Waals surface area contributed by atoms with Crippen LogP contribution in [-0.4, -0.2) is 6.18 Å². The molecule has 4 heteroatoms. The van der Waals surface area contributed by atoms with Crippen LogP contribution >= 0.6 is 0 Å². The third-order valence-electron chi connectivity index (χ3n) is 3.03. The van der Waals surface area contributed by atoms with Crippen LogP contribution in [0.2, 0.25) is 0 Å². The van der Waals surface area contributed by atoms with Crippen molar-refractivity contribution < 1.29 is 13.2 Å². The number of hydrogen-bond acceptors (Lipinski definition) is 1. The highest BCUT2D eigenvalue weighted by atomic mass is 19.4. The average Bonchev–Trinajstić information content (AvgIpc) is 2.26. The second-order valence-electron chi connectivity index (χ2n) is 4.08. The van der Waals surface area contributed by atoms with E-state index in [0.29, 0.717) is 12.0 Å². The van der Waals surface area contributed by atoms with Crippen molar-refractivity contribution in [3.63, 3.8) is 0 Å². The molecule has 0 bridgehead atoms. The zero-order valence-electron chi connectivity index (χ0n) is 8.51. The van der Waals surface area contributed by atoms with E-state index < -0.39 is 12.1 Å². The van der Waals surface area contributed by atoms with Crippen molar-refractivity contribution in [1.29, 1.82) is 5.26 Å². The summed E-state index contributed by atoms with van der Waals surface area (Å²) < 4.78 is 37.6. The van der Waals surface area contributed by atoms with Crippen molar-refractivity contribution in [1.82, 2.24) is 0 Å². The molecule has 1 nitrogen and oxygen atoms in total. The highest BCUT2D eigenvalue weighted by molar-refractivity contribution is 5.39. The van der Waals surface area contributed by atoms with E-state index in [1.54, 1.807) is 18.2 Å². The number of aryl methyl sites for hydroxylation is 1. The maximum absolute atomic E-state index is 12.5. The van der Waals surface area contributed by atoms with Crippen molar-refractivity contribution in [3.05, 3.63) is 34.9 Å². The van der Waals surface area contributed by atoms with Crippen LogP contribution in [0.3, 0.4) is 0 Å². The zero-order valence-corrected chi connectivity index (χ0v) is 8.51. The van der Waals surface area contributed by atoms with Gasteiger partial charge in [0.25, 0.3) is 0 Å². The van der Waals surface area contributed by atoms with Gasteiger partial charge >= 0.3 is 6.18 Å². The molecule has 0 amide bonds. The number of rotatable bonds is 0. The van der Waals surface area contributed by atoms with Crippen LogP contribution < -0.4 is 0 Å². The van der Waals surface area contributed by atoms with E-state index in [-0.39, 0.29) is 12.8 Å². The van der Waals surface area contributed by atoms with Gasteiger partial charge in [0.15, 0.2) is 0 Å². The maximum Gasteiger partial charge on any atom is 0.392 e. The molecule has 1 aliphatic rings. The molecule has 0 aromatic heterocycles. The third-order valence-corrected chi connectivity index (χ3v) is 3.03. The topological polar surface area (TPSA) is 23.8 Å². The molecule has 1 aromatic carbocycles. The molecule has 0 heterocycles. The Kier molecular flexibility index (Phi) is 2.63. The summed E-state index contributed by atoms with van der Waals surface area (Å²) in [6.45, 7) is 0. The molecule has 1 atom stereocenters. The van der Waals surface area contributed by atoms with Gasteiger partial charge in [0.1, 0.15) is 0 Å². The van der Waals surface area contributed by atoms with Gasteiger partial charge in [-0.2, -0.15) is 18.4 Å². The van der Waals surface area contributed by atoms with Crippen LogP contribution in [0.15, 0.2) is 18.2 Å². The molecular weight excluding hydrogens is 215 g/mol. The van der Waals surface area contributed by atoms with E-state index >= 15 is 0 Å². The predicted octanol–water partition coefficient (Wildman–Crippen LogP) is 3.23. The van der Waals surface area contributed by atoms with Crippen molar-refractivity contribution in [2.24, 2.45) is 5.92 Å². The average molecular weight is 225 g/mol. The normalized spacial score (nSPS) is 20.0. The lowest BCUT2D eigenvalue weighted by Crippen LogP contribution is -2.28. The lowest BCUT2D eigenvalue weighted by atomic mass is 9.83. The summed E-state index contributed by atoms with van der Waals surface area (Å²) in [5, 5.41) is 8.69. The van der Waals surface area contributed by atoms with Gasteiger partial charge in [-0.05, 0) is 42.5 Å². The smallest absolute Gasteiger partial charge is 0.192 e. The molecule has 0 saturated heterocycles. The van der Waals surface area contributed by atoms with Crippen molar-refractivity contribution in [2.75, 3.05) is 0 Å². The molecule has 0 radical (unpaired) electrons. The highest BCUT2D eigenvalue weighted by Gasteiger charge is 2.40. The molecule has 1 unspecified atom stereocenters. The monoisotopic (exact) mass is 225 g/mol. The number of benzene rings is 1. The standard InChI is InChI=1S/C12H10F3N/c13-12(14,15)11-4-3-9-5-8(7-16)1-2-10(9)6-11/h1-2,5,11H,3-4,6H2. The lowest BCUT2D eigenvalue weighted by Gasteiger charge is -2.26. The second kappa shape index (κ2) is 3.82. The van der Waals surface area contributed by atoms with Crippen LogP contribution in [0.1, 0.15) is 23.1 Å². The third kappa shape index (κ3) is 2.04. The van der Waals surface area contributed by atoms with Crippen LogP contribution in [0, 0.1) is 17.2 Å². The van der Waals surface area contributed by atoms with E-state index in [1.807, 2.05) is 6.07 Å². The summed E-state index contributed by atoms with van der Waals surface area (Å²) >= 11 is 0. The van der Waals surface area contributed by atoms with Gasteiger partial charge in [-0.3, -0.25) is 0 Å². The van der Waals surface area contributed by atoms with Gasteiger partial charge < -0.3 is 0 Å². The van der Waals surface area contributed by atoms with E-state index in [9.17, 15) is 13.2 Å². The Morgan fingerprint density at radius 2 is 2.00 bits per heavy atom. The van der Waals surface area contributed by atoms with E-state index in [0.717, 1.165) is 11.1 Å². The van der Waals surface area contributed by atoms with E-state index in [4.69, 9.17) is 5.26 Å². The van der Waals surface area contributed by atoms with Gasteiger partial charge in [0.2, 0.25) is 0 Å². The minimum atomic E-state index is -4.11. The zero-order chi connectivity index (χ0) is 11.8. The molecule has 0 spiro atoms. The number of fused-ring (bicyclic) bond motifs is 1. The fourth-order valence-corrected chi connectivity index (χ4v) is 2.10. The van der Waals surface area contributed by atoms with Gasteiger partial charge in [-0.25, -0.2) is 0 Å². The summed E-state index contributed by atoms with van der Waals surface area (Å²) in [6, 6.07) is 6.92. The number of nitrogens with zero attached hydrogens (tertiary/aromatic N) is 1. The molecule has 1 aliphatic carbocycles. The Morgan fingerprint density at radius 3 is 2.62 bits per heavy atom. The predicted molar refractivity (Wildman–Crippen MR) is 52.7 cm³/mol. The summed E-state index contributed by atoms with van der Waals surface area (Å²) in [5.74, 6) is -1.23. The number of alkyl halides is 3. The molecule has 0 saturated carbocycles. The highest BCUT2D eigenvalue weighted by Crippen LogP contribution is 2.37. The Labute approximate surface area is 91.5 Å². The first kappa shape index (κ1) is 11.0. The fourth-order valence-electron chi connectivity index (χ4n) is 2.10. The first-order valence-electron chi connectivity index (χ1n) is 5.09. The van der Waals surface area contributed by atoms with Crippen LogP contribution in [0.4, 0.5) is 13.2 Å². The summed E-state index contributed by atoms with van der Waals surface area (Å²) in [6.07, 6.45) is -3.52. The Balaban J connectivity index is 2.26. The molecule has 84 valence electrons. The fraction of sp³-hybridized carbons (Fsp3) is 0.417. The number of nitriles is 1. The Bertz CT molecular complexity index is 443. The van der Waals surface area contributed by atoms with Crippen molar-refractivity contribution >= 4 is 0 Å². The largest absolute Gasteiger partial charge is 0.392 e. The lowest BCUT2D eigenvalue weighted by molar-refractivity contribution is -0.177. The second-order valence-corrected chi connectivity index (χ2v) is 4.08. The molecular formula is C12H10F3N. The van der Waals surface area contributed by atoms with Gasteiger partial charge in [0, 0.05) is 0 Å². The number of halogens is 3. The molecule has 0 aliphatic heterocycles. The van der Waals surface area contributed by atoms with Crippen LogP contribution in [0.5, 0.6) is 0 Å². The van der Waals surface area contributed by atoms with E-state index in [2.05, 4.69) is 0 Å². The van der Waals surface area contributed by atoms with Crippen molar-refractivity contribution in [3.8, 4) is 6.07 Å². The summed E-state index contributed by atoms with van der Waals surface area (Å²) in [7, 11) is 0. The molecule has 16 heavy (non-hydrogen) atoms. The Hall–Kier alpha value is -1.50. The summed E-state index contributed by atoms with van der Waals surface area (Å²) in [5.41, 5.74) is 2.14. The quantitative estimate of drug-likeness (QED) is 0.665. The van der Waals surface area contributed by atoms with Gasteiger partial charge in [0.05, 0.1) is 17.6 Å². The van der Waals surface area contributed by atoms with Gasteiger partial charge in [-0.1, -0.05) is 6.07 Å². The minimum Gasteiger partial charge on any atom is -0.192 e. The molecule has 0 fully saturated rings. The maximum atomic E-state index is 12.5. The molecule has 0 N–H and O–H groups in total. The van der Waals surface area contributed by atoms with E-state index in [1.165, 1.54) is 0 Å². The van der Waals surface area contributed by atoms with Crippen LogP contribution in [-0.2, 0) is 12.8 Å². The molecule has 2 rings (SSSR count). The first-order valence-corrected chi connectivity index (χ1v) is 5.09. The van der Waals surface area contributed by atoms with Crippen molar-refractivity contribution in [2.45, 2.75) is 25.4 Å². The Morgan fingerprint density at radius 1 is 1.25 bits per heavy atom. The first-order chi connectivity index (χ1) is 7.50. The van der Waals surface area contributed by atoms with Crippen LogP contribution in [0.25, 0.3) is 0 Å². The minimum absolute atomic E-state index is 0.0462.